The third-order valence-electron chi connectivity index (χ3n) is 6.26. The van der Waals surface area contributed by atoms with Crippen LogP contribution in [-0.4, -0.2) is 46.0 Å². The van der Waals surface area contributed by atoms with Crippen LogP contribution in [0.5, 0.6) is 0 Å². The number of amides is 1. The molecule has 0 bridgehead atoms. The molecule has 188 valence electrons. The van der Waals surface area contributed by atoms with Crippen LogP contribution in [-0.2, 0) is 17.3 Å². The Bertz CT molecular complexity index is 1340. The molecule has 1 atom stereocenters. The number of carbonyl (C=O) groups is 1. The van der Waals surface area contributed by atoms with Crippen LogP contribution in [0.4, 0.5) is 13.2 Å². The van der Waals surface area contributed by atoms with Gasteiger partial charge in [0.05, 0.1) is 17.4 Å². The second-order valence-electron chi connectivity index (χ2n) is 8.72. The fraction of sp³-hybridized carbons (Fsp3) is 0.308. The highest BCUT2D eigenvalue weighted by Crippen LogP contribution is 2.30. The molecule has 5 nitrogen and oxygen atoms in total. The van der Waals surface area contributed by atoms with Gasteiger partial charge in [0, 0.05) is 59.5 Å². The van der Waals surface area contributed by atoms with Crippen LogP contribution in [0.2, 0.25) is 5.02 Å². The SMILES string of the molecule is O=C(c1ccc(C(F)(F)F)cc1)N(CCc1csc2nc(-c3ccc(Cl)cc3)cn12)CC1CCCO1. The molecule has 1 unspecified atom stereocenters. The lowest BCUT2D eigenvalue weighted by molar-refractivity contribution is -0.137. The molecular formula is C26H23ClF3N3O2S. The van der Waals surface area contributed by atoms with E-state index in [1.807, 2.05) is 40.2 Å². The number of rotatable bonds is 7. The van der Waals surface area contributed by atoms with Gasteiger partial charge in [0.1, 0.15) is 0 Å². The number of hydrogen-bond donors (Lipinski definition) is 0. The lowest BCUT2D eigenvalue weighted by Crippen LogP contribution is -2.39. The minimum absolute atomic E-state index is 0.0735. The summed E-state index contributed by atoms with van der Waals surface area (Å²) in [4.78, 5) is 20.5. The first-order valence-corrected chi connectivity index (χ1v) is 12.8. The summed E-state index contributed by atoms with van der Waals surface area (Å²) in [6.07, 6.45) is -0.205. The van der Waals surface area contributed by atoms with Crippen LogP contribution >= 0.6 is 22.9 Å². The molecule has 36 heavy (non-hydrogen) atoms. The van der Waals surface area contributed by atoms with Crippen LogP contribution in [0.3, 0.4) is 0 Å². The van der Waals surface area contributed by atoms with Crippen molar-refractivity contribution in [3.8, 4) is 11.3 Å². The molecule has 2 aromatic heterocycles. The Labute approximate surface area is 215 Å². The summed E-state index contributed by atoms with van der Waals surface area (Å²) in [5.74, 6) is -0.307. The highest BCUT2D eigenvalue weighted by molar-refractivity contribution is 7.15. The monoisotopic (exact) mass is 533 g/mol. The number of benzene rings is 2. The van der Waals surface area contributed by atoms with E-state index >= 15 is 0 Å². The van der Waals surface area contributed by atoms with E-state index in [0.717, 1.165) is 46.9 Å². The quantitative estimate of drug-likeness (QED) is 0.269. The Morgan fingerprint density at radius 3 is 2.58 bits per heavy atom. The van der Waals surface area contributed by atoms with Crippen molar-refractivity contribution in [2.24, 2.45) is 0 Å². The van der Waals surface area contributed by atoms with Crippen molar-refractivity contribution >= 4 is 33.8 Å². The fourth-order valence-corrected chi connectivity index (χ4v) is 5.35. The largest absolute Gasteiger partial charge is 0.416 e. The highest BCUT2D eigenvalue weighted by atomic mass is 35.5. The van der Waals surface area contributed by atoms with E-state index in [4.69, 9.17) is 21.3 Å². The second kappa shape index (κ2) is 10.2. The molecule has 4 aromatic rings. The first-order chi connectivity index (χ1) is 17.3. The van der Waals surface area contributed by atoms with Gasteiger partial charge in [0.15, 0.2) is 4.96 Å². The molecule has 1 aliphatic rings. The molecule has 10 heteroatoms. The Hall–Kier alpha value is -2.88. The smallest absolute Gasteiger partial charge is 0.376 e. The standard InChI is InChI=1S/C26H23ClF3N3O2S/c27-20-9-5-17(6-10-20)23-15-33-21(16-36-25(33)31-23)11-12-32(14-22-2-1-13-35-22)24(34)18-3-7-19(8-4-18)26(28,29)30/h3-10,15-16,22H,1-2,11-14H2. The Morgan fingerprint density at radius 1 is 1.17 bits per heavy atom. The summed E-state index contributed by atoms with van der Waals surface area (Å²) in [6.45, 7) is 1.45. The van der Waals surface area contributed by atoms with Crippen molar-refractivity contribution in [2.75, 3.05) is 19.7 Å². The van der Waals surface area contributed by atoms with Crippen molar-refractivity contribution in [2.45, 2.75) is 31.5 Å². The molecule has 0 aliphatic carbocycles. The van der Waals surface area contributed by atoms with Gasteiger partial charge >= 0.3 is 6.18 Å². The van der Waals surface area contributed by atoms with E-state index in [0.29, 0.717) is 31.1 Å². The van der Waals surface area contributed by atoms with E-state index in [2.05, 4.69) is 0 Å². The molecule has 3 heterocycles. The summed E-state index contributed by atoms with van der Waals surface area (Å²) in [7, 11) is 0. The van der Waals surface area contributed by atoms with Gasteiger partial charge in [0.25, 0.3) is 5.91 Å². The molecule has 2 aromatic carbocycles. The number of nitrogens with zero attached hydrogens (tertiary/aromatic N) is 3. The van der Waals surface area contributed by atoms with Crippen LogP contribution in [0.15, 0.2) is 60.1 Å². The number of fused-ring (bicyclic) bond motifs is 1. The molecule has 0 spiro atoms. The van der Waals surface area contributed by atoms with Crippen LogP contribution in [0.1, 0.15) is 34.5 Å². The number of ether oxygens (including phenoxy) is 1. The van der Waals surface area contributed by atoms with Gasteiger partial charge in [-0.1, -0.05) is 23.7 Å². The van der Waals surface area contributed by atoms with Crippen molar-refractivity contribution in [3.05, 3.63) is 82.0 Å². The van der Waals surface area contributed by atoms with Gasteiger partial charge in [0.2, 0.25) is 0 Å². The predicted molar refractivity (Wildman–Crippen MR) is 134 cm³/mol. The molecule has 1 aliphatic heterocycles. The molecule has 0 saturated carbocycles. The molecular weight excluding hydrogens is 511 g/mol. The first kappa shape index (κ1) is 24.8. The van der Waals surface area contributed by atoms with Crippen molar-refractivity contribution in [1.82, 2.24) is 14.3 Å². The van der Waals surface area contributed by atoms with Gasteiger partial charge in [-0.25, -0.2) is 4.98 Å². The van der Waals surface area contributed by atoms with E-state index in [-0.39, 0.29) is 17.6 Å². The van der Waals surface area contributed by atoms with Crippen LogP contribution < -0.4 is 0 Å². The third-order valence-corrected chi connectivity index (χ3v) is 7.40. The zero-order valence-electron chi connectivity index (χ0n) is 19.2. The predicted octanol–water partition coefficient (Wildman–Crippen LogP) is 6.60. The zero-order chi connectivity index (χ0) is 25.3. The topological polar surface area (TPSA) is 46.8 Å². The fourth-order valence-electron chi connectivity index (χ4n) is 4.31. The van der Waals surface area contributed by atoms with Crippen molar-refractivity contribution in [3.63, 3.8) is 0 Å². The maximum absolute atomic E-state index is 13.3. The van der Waals surface area contributed by atoms with E-state index in [1.54, 1.807) is 4.90 Å². The third kappa shape index (κ3) is 5.43. The Morgan fingerprint density at radius 2 is 1.92 bits per heavy atom. The molecule has 0 radical (unpaired) electrons. The normalized spacial score (nSPS) is 16.1. The molecule has 1 amide bonds. The average Bonchev–Trinajstić information content (AvgIpc) is 3.60. The number of halogens is 4. The summed E-state index contributed by atoms with van der Waals surface area (Å²) >= 11 is 7.51. The zero-order valence-corrected chi connectivity index (χ0v) is 20.7. The van der Waals surface area contributed by atoms with Gasteiger partial charge in [-0.2, -0.15) is 13.2 Å². The van der Waals surface area contributed by atoms with Crippen molar-refractivity contribution < 1.29 is 22.7 Å². The van der Waals surface area contributed by atoms with Gasteiger partial charge in [-0.3, -0.25) is 9.20 Å². The highest BCUT2D eigenvalue weighted by Gasteiger charge is 2.31. The molecule has 0 N–H and O–H groups in total. The van der Waals surface area contributed by atoms with E-state index < -0.39 is 11.7 Å². The summed E-state index contributed by atoms with van der Waals surface area (Å²) < 4.78 is 46.6. The summed E-state index contributed by atoms with van der Waals surface area (Å²) in [5, 5.41) is 2.67. The average molecular weight is 534 g/mol. The summed E-state index contributed by atoms with van der Waals surface area (Å²) in [5.41, 5.74) is 2.24. The van der Waals surface area contributed by atoms with Gasteiger partial charge in [-0.05, 0) is 49.2 Å². The number of carbonyl (C=O) groups excluding carboxylic acids is 1. The maximum atomic E-state index is 13.3. The number of imidazole rings is 1. The maximum Gasteiger partial charge on any atom is 0.416 e. The lowest BCUT2D eigenvalue weighted by Gasteiger charge is -2.25. The van der Waals surface area contributed by atoms with Crippen LogP contribution in [0, 0.1) is 0 Å². The minimum atomic E-state index is -4.45. The van der Waals surface area contributed by atoms with E-state index in [9.17, 15) is 18.0 Å². The van der Waals surface area contributed by atoms with Gasteiger partial charge < -0.3 is 9.64 Å². The van der Waals surface area contributed by atoms with Gasteiger partial charge in [-0.15, -0.1) is 11.3 Å². The Kier molecular flexibility index (Phi) is 7.05. The molecule has 5 rings (SSSR count). The number of hydrogen-bond acceptors (Lipinski definition) is 4. The minimum Gasteiger partial charge on any atom is -0.376 e. The van der Waals surface area contributed by atoms with E-state index in [1.165, 1.54) is 23.5 Å². The molecule has 1 fully saturated rings. The summed E-state index contributed by atoms with van der Waals surface area (Å²) in [6, 6.07) is 11.9. The molecule has 1 saturated heterocycles. The second-order valence-corrected chi connectivity index (χ2v) is 10.00. The number of aromatic nitrogens is 2. The first-order valence-electron chi connectivity index (χ1n) is 11.6. The van der Waals surface area contributed by atoms with Crippen LogP contribution in [0.25, 0.3) is 16.2 Å². The number of thiazole rings is 1. The lowest BCUT2D eigenvalue weighted by atomic mass is 10.1. The van der Waals surface area contributed by atoms with Crippen molar-refractivity contribution in [1.29, 1.82) is 0 Å². The Balaban J connectivity index is 1.34. The number of alkyl halides is 3.